The van der Waals surface area contributed by atoms with Crippen LogP contribution in [0.2, 0.25) is 0 Å². The molecule has 0 aliphatic heterocycles. The molecule has 0 aliphatic rings. The molecular formula is C11H18N4O. The number of carbonyl (C=O) groups excluding carboxylic acids is 1. The van der Waals surface area contributed by atoms with E-state index < -0.39 is 0 Å². The first-order valence-corrected chi connectivity index (χ1v) is 5.40. The van der Waals surface area contributed by atoms with E-state index in [2.05, 4.69) is 22.7 Å². The van der Waals surface area contributed by atoms with Crippen LogP contribution in [0.4, 0.5) is 5.69 Å². The zero-order valence-electron chi connectivity index (χ0n) is 9.66. The van der Waals surface area contributed by atoms with Gasteiger partial charge in [-0.05, 0) is 19.4 Å². The monoisotopic (exact) mass is 222 g/mol. The van der Waals surface area contributed by atoms with Gasteiger partial charge >= 0.3 is 0 Å². The third-order valence-corrected chi connectivity index (χ3v) is 2.32. The summed E-state index contributed by atoms with van der Waals surface area (Å²) >= 11 is 0. The zero-order valence-corrected chi connectivity index (χ0v) is 9.66. The summed E-state index contributed by atoms with van der Waals surface area (Å²) in [6.07, 6.45) is 5.08. The number of hydrogen-bond donors (Lipinski definition) is 3. The van der Waals surface area contributed by atoms with Crippen LogP contribution in [-0.2, 0) is 0 Å². The normalized spacial score (nSPS) is 11.9. The van der Waals surface area contributed by atoms with Gasteiger partial charge in [-0.15, -0.1) is 0 Å². The van der Waals surface area contributed by atoms with Gasteiger partial charge in [0.25, 0.3) is 5.91 Å². The molecular weight excluding hydrogens is 204 g/mol. The Morgan fingerprint density at radius 2 is 2.38 bits per heavy atom. The molecule has 1 aromatic heterocycles. The van der Waals surface area contributed by atoms with Crippen molar-refractivity contribution in [1.29, 1.82) is 0 Å². The van der Waals surface area contributed by atoms with E-state index >= 15 is 0 Å². The number of carbonyl (C=O) groups is 1. The van der Waals surface area contributed by atoms with Gasteiger partial charge in [-0.2, -0.15) is 0 Å². The van der Waals surface area contributed by atoms with Crippen LogP contribution in [-0.4, -0.2) is 16.9 Å². The Balaban J connectivity index is 2.72. The number of anilines is 1. The van der Waals surface area contributed by atoms with E-state index in [4.69, 9.17) is 5.84 Å². The van der Waals surface area contributed by atoms with E-state index in [0.29, 0.717) is 11.3 Å². The molecule has 0 saturated carbocycles. The van der Waals surface area contributed by atoms with Crippen molar-refractivity contribution in [3.63, 3.8) is 0 Å². The molecule has 5 nitrogen and oxygen atoms in total. The summed E-state index contributed by atoms with van der Waals surface area (Å²) in [5.41, 5.74) is 3.53. The lowest BCUT2D eigenvalue weighted by atomic mass is 10.1. The average Bonchev–Trinajstić information content (AvgIpc) is 2.29. The van der Waals surface area contributed by atoms with Crippen molar-refractivity contribution in [2.75, 3.05) is 5.43 Å². The lowest BCUT2D eigenvalue weighted by molar-refractivity contribution is 0.0939. The lowest BCUT2D eigenvalue weighted by Crippen LogP contribution is -2.33. The van der Waals surface area contributed by atoms with Crippen LogP contribution >= 0.6 is 0 Å². The molecule has 1 unspecified atom stereocenters. The van der Waals surface area contributed by atoms with Gasteiger partial charge in [0.2, 0.25) is 0 Å². The first-order chi connectivity index (χ1) is 7.69. The number of amides is 1. The average molecular weight is 222 g/mol. The summed E-state index contributed by atoms with van der Waals surface area (Å²) < 4.78 is 0. The van der Waals surface area contributed by atoms with Crippen LogP contribution in [0.15, 0.2) is 18.5 Å². The molecule has 1 amide bonds. The first-order valence-electron chi connectivity index (χ1n) is 5.40. The van der Waals surface area contributed by atoms with Gasteiger partial charge in [0.05, 0.1) is 11.3 Å². The highest BCUT2D eigenvalue weighted by molar-refractivity contribution is 5.99. The molecule has 1 rings (SSSR count). The van der Waals surface area contributed by atoms with Crippen molar-refractivity contribution < 1.29 is 4.79 Å². The van der Waals surface area contributed by atoms with Gasteiger partial charge in [-0.1, -0.05) is 13.3 Å². The summed E-state index contributed by atoms with van der Waals surface area (Å²) in [6, 6.07) is 1.82. The molecule has 1 atom stereocenters. The van der Waals surface area contributed by atoms with Crippen LogP contribution in [0.1, 0.15) is 37.0 Å². The first kappa shape index (κ1) is 12.4. The number of hydrazine groups is 1. The second-order valence-corrected chi connectivity index (χ2v) is 3.73. The topological polar surface area (TPSA) is 80.0 Å². The number of aromatic nitrogens is 1. The number of nitrogens with zero attached hydrogens (tertiary/aromatic N) is 1. The molecule has 88 valence electrons. The molecule has 1 aromatic rings. The minimum absolute atomic E-state index is 0.151. The highest BCUT2D eigenvalue weighted by atomic mass is 16.1. The third kappa shape index (κ3) is 3.20. The summed E-state index contributed by atoms with van der Waals surface area (Å²) in [4.78, 5) is 15.8. The largest absolute Gasteiger partial charge is 0.349 e. The fourth-order valence-corrected chi connectivity index (χ4v) is 1.51. The summed E-state index contributed by atoms with van der Waals surface area (Å²) in [5.74, 6) is 5.17. The van der Waals surface area contributed by atoms with Gasteiger partial charge in [0.15, 0.2) is 0 Å². The Labute approximate surface area is 95.4 Å². The van der Waals surface area contributed by atoms with Crippen LogP contribution in [0, 0.1) is 0 Å². The summed E-state index contributed by atoms with van der Waals surface area (Å²) in [7, 11) is 0. The molecule has 4 N–H and O–H groups in total. The Morgan fingerprint density at radius 1 is 1.62 bits per heavy atom. The molecule has 0 spiro atoms. The quantitative estimate of drug-likeness (QED) is 0.518. The highest BCUT2D eigenvalue weighted by Gasteiger charge is 2.12. The van der Waals surface area contributed by atoms with Crippen LogP contribution in [0.3, 0.4) is 0 Å². The van der Waals surface area contributed by atoms with Gasteiger partial charge < -0.3 is 10.7 Å². The van der Waals surface area contributed by atoms with Crippen molar-refractivity contribution in [2.24, 2.45) is 5.84 Å². The minimum Gasteiger partial charge on any atom is -0.349 e. The van der Waals surface area contributed by atoms with E-state index in [1.165, 1.54) is 6.20 Å². The standard InChI is InChI=1S/C11H18N4O/c1-3-4-8(2)14-11(16)9-7-13-6-5-10(9)15-12/h5-8H,3-4,12H2,1-2H3,(H,13,15)(H,14,16). The Kier molecular flexibility index (Phi) is 4.72. The molecule has 0 radical (unpaired) electrons. The van der Waals surface area contributed by atoms with Crippen molar-refractivity contribution >= 4 is 11.6 Å². The van der Waals surface area contributed by atoms with Gasteiger partial charge in [0.1, 0.15) is 0 Å². The van der Waals surface area contributed by atoms with Crippen molar-refractivity contribution in [1.82, 2.24) is 10.3 Å². The Bertz CT molecular complexity index is 354. The van der Waals surface area contributed by atoms with Crippen molar-refractivity contribution in [3.8, 4) is 0 Å². The minimum atomic E-state index is -0.151. The molecule has 0 fully saturated rings. The number of nitrogens with one attached hydrogen (secondary N) is 2. The number of rotatable bonds is 5. The highest BCUT2D eigenvalue weighted by Crippen LogP contribution is 2.12. The van der Waals surface area contributed by atoms with E-state index in [1.54, 1.807) is 12.3 Å². The fourth-order valence-electron chi connectivity index (χ4n) is 1.51. The van der Waals surface area contributed by atoms with E-state index in [9.17, 15) is 4.79 Å². The Morgan fingerprint density at radius 3 is 3.00 bits per heavy atom. The van der Waals surface area contributed by atoms with E-state index in [0.717, 1.165) is 12.8 Å². The van der Waals surface area contributed by atoms with Crippen molar-refractivity contribution in [2.45, 2.75) is 32.7 Å². The molecule has 0 bridgehead atoms. The molecule has 0 aliphatic carbocycles. The van der Waals surface area contributed by atoms with Gasteiger partial charge in [-0.3, -0.25) is 15.6 Å². The van der Waals surface area contributed by atoms with Gasteiger partial charge in [0, 0.05) is 18.4 Å². The summed E-state index contributed by atoms with van der Waals surface area (Å²) in [6.45, 7) is 4.06. The molecule has 5 heteroatoms. The number of pyridine rings is 1. The maximum absolute atomic E-state index is 11.9. The van der Waals surface area contributed by atoms with Crippen LogP contribution in [0.5, 0.6) is 0 Å². The van der Waals surface area contributed by atoms with Gasteiger partial charge in [-0.25, -0.2) is 0 Å². The molecule has 0 saturated heterocycles. The van der Waals surface area contributed by atoms with E-state index in [1.807, 2.05) is 6.92 Å². The molecule has 1 heterocycles. The zero-order chi connectivity index (χ0) is 12.0. The summed E-state index contributed by atoms with van der Waals surface area (Å²) in [5, 5.41) is 2.90. The maximum atomic E-state index is 11.9. The van der Waals surface area contributed by atoms with E-state index in [-0.39, 0.29) is 11.9 Å². The number of nitrogen functional groups attached to an aromatic ring is 1. The number of hydrogen-bond acceptors (Lipinski definition) is 4. The van der Waals surface area contributed by atoms with Crippen molar-refractivity contribution in [3.05, 3.63) is 24.0 Å². The predicted molar refractivity (Wildman–Crippen MR) is 63.9 cm³/mol. The second-order valence-electron chi connectivity index (χ2n) is 3.73. The third-order valence-electron chi connectivity index (χ3n) is 2.32. The Hall–Kier alpha value is -1.62. The smallest absolute Gasteiger partial charge is 0.255 e. The van der Waals surface area contributed by atoms with Crippen LogP contribution in [0.25, 0.3) is 0 Å². The molecule has 0 aromatic carbocycles. The lowest BCUT2D eigenvalue weighted by Gasteiger charge is -2.14. The fraction of sp³-hybridized carbons (Fsp3) is 0.455. The molecule has 16 heavy (non-hydrogen) atoms. The van der Waals surface area contributed by atoms with Crippen LogP contribution < -0.4 is 16.6 Å². The number of nitrogens with two attached hydrogens (primary N) is 1. The maximum Gasteiger partial charge on any atom is 0.255 e. The second kappa shape index (κ2) is 6.07. The predicted octanol–water partition coefficient (Wildman–Crippen LogP) is 1.29. The SMILES string of the molecule is CCCC(C)NC(=O)c1cnccc1NN.